The van der Waals surface area contributed by atoms with Gasteiger partial charge in [0.15, 0.2) is 0 Å². The lowest BCUT2D eigenvalue weighted by molar-refractivity contribution is 0.0522. The van der Waals surface area contributed by atoms with Crippen molar-refractivity contribution in [3.05, 3.63) is 35.9 Å². The molecule has 2 heterocycles. The molecule has 0 bridgehead atoms. The number of nitrogens with one attached hydrogen (secondary N) is 1. The molecule has 1 aromatic rings. The number of urea groups is 1. The number of benzene rings is 1. The lowest BCUT2D eigenvalue weighted by Crippen LogP contribution is -2.47. The monoisotopic (exact) mass is 290 g/mol. The highest BCUT2D eigenvalue weighted by atomic mass is 16.5. The average molecular weight is 290 g/mol. The topological polar surface area (TPSA) is 50.8 Å². The van der Waals surface area contributed by atoms with Crippen molar-refractivity contribution in [3.8, 4) is 0 Å². The minimum Gasteiger partial charge on any atom is -0.378 e. The molecule has 2 saturated heterocycles. The van der Waals surface area contributed by atoms with Crippen LogP contribution in [0.2, 0.25) is 0 Å². The molecule has 2 fully saturated rings. The van der Waals surface area contributed by atoms with Crippen molar-refractivity contribution in [2.75, 3.05) is 39.5 Å². The fraction of sp³-hybridized carbons (Fsp3) is 0.562. The van der Waals surface area contributed by atoms with Crippen LogP contribution in [0, 0.1) is 5.92 Å². The zero-order valence-electron chi connectivity index (χ0n) is 12.2. The molecule has 5 heteroatoms. The second-order valence-corrected chi connectivity index (χ2v) is 5.54. The Morgan fingerprint density at radius 1 is 1.19 bits per heavy atom. The molecular formula is C16H22N2O3. The minimum absolute atomic E-state index is 0.0111. The fourth-order valence-electron chi connectivity index (χ4n) is 2.95. The predicted molar refractivity (Wildman–Crippen MR) is 79.0 cm³/mol. The highest BCUT2D eigenvalue weighted by molar-refractivity contribution is 5.74. The number of hydrogen-bond donors (Lipinski definition) is 1. The Labute approximate surface area is 125 Å². The first-order valence-electron chi connectivity index (χ1n) is 7.61. The van der Waals surface area contributed by atoms with Crippen LogP contribution in [0.1, 0.15) is 18.1 Å². The molecule has 0 aliphatic carbocycles. The number of amides is 2. The van der Waals surface area contributed by atoms with E-state index in [1.54, 1.807) is 0 Å². The van der Waals surface area contributed by atoms with Gasteiger partial charge in [0.1, 0.15) is 0 Å². The van der Waals surface area contributed by atoms with Crippen molar-refractivity contribution < 1.29 is 14.3 Å². The minimum atomic E-state index is 0.0111. The van der Waals surface area contributed by atoms with E-state index in [1.807, 2.05) is 23.1 Å². The Bertz CT molecular complexity index is 460. The van der Waals surface area contributed by atoms with E-state index in [0.29, 0.717) is 38.8 Å². The lowest BCUT2D eigenvalue weighted by atomic mass is 9.95. The molecule has 0 saturated carbocycles. The van der Waals surface area contributed by atoms with Gasteiger partial charge in [-0.05, 0) is 12.0 Å². The Morgan fingerprint density at radius 3 is 2.71 bits per heavy atom. The van der Waals surface area contributed by atoms with E-state index in [0.717, 1.165) is 13.0 Å². The van der Waals surface area contributed by atoms with Gasteiger partial charge >= 0.3 is 6.03 Å². The first-order chi connectivity index (χ1) is 10.3. The van der Waals surface area contributed by atoms with E-state index in [2.05, 4.69) is 17.4 Å². The lowest BCUT2D eigenvalue weighted by Gasteiger charge is -2.28. The van der Waals surface area contributed by atoms with Crippen LogP contribution in [-0.2, 0) is 9.47 Å². The van der Waals surface area contributed by atoms with Crippen molar-refractivity contribution in [1.82, 2.24) is 10.2 Å². The molecule has 0 radical (unpaired) electrons. The van der Waals surface area contributed by atoms with Gasteiger partial charge in [-0.3, -0.25) is 0 Å². The summed E-state index contributed by atoms with van der Waals surface area (Å²) in [5, 5.41) is 3.05. The van der Waals surface area contributed by atoms with E-state index in [1.165, 1.54) is 5.56 Å². The molecule has 2 atom stereocenters. The van der Waals surface area contributed by atoms with Crippen LogP contribution in [0.4, 0.5) is 4.79 Å². The van der Waals surface area contributed by atoms with Gasteiger partial charge in [-0.1, -0.05) is 30.3 Å². The van der Waals surface area contributed by atoms with E-state index in [4.69, 9.17) is 9.47 Å². The fourth-order valence-corrected chi connectivity index (χ4v) is 2.95. The molecule has 1 N–H and O–H groups in total. The highest BCUT2D eigenvalue weighted by Gasteiger charge is 2.30. The van der Waals surface area contributed by atoms with Gasteiger partial charge in [-0.2, -0.15) is 0 Å². The molecular weight excluding hydrogens is 268 g/mol. The third-order valence-corrected chi connectivity index (χ3v) is 4.16. The zero-order chi connectivity index (χ0) is 14.5. The second kappa shape index (κ2) is 6.91. The predicted octanol–water partition coefficient (Wildman–Crippen LogP) is 1.81. The highest BCUT2D eigenvalue weighted by Crippen LogP contribution is 2.33. The van der Waals surface area contributed by atoms with Gasteiger partial charge in [0.05, 0.1) is 19.3 Å². The number of morpholine rings is 1. The summed E-state index contributed by atoms with van der Waals surface area (Å²) in [6, 6.07) is 10.3. The smallest absolute Gasteiger partial charge is 0.317 e. The van der Waals surface area contributed by atoms with Crippen molar-refractivity contribution in [1.29, 1.82) is 0 Å². The SMILES string of the molecule is O=C(NCC1CCOC1c1ccccc1)N1CCOCC1. The van der Waals surface area contributed by atoms with Crippen LogP contribution in [0.3, 0.4) is 0 Å². The number of hydrogen-bond acceptors (Lipinski definition) is 3. The maximum Gasteiger partial charge on any atom is 0.317 e. The van der Waals surface area contributed by atoms with Gasteiger partial charge in [0, 0.05) is 32.2 Å². The summed E-state index contributed by atoms with van der Waals surface area (Å²) in [6.45, 7) is 4.04. The quantitative estimate of drug-likeness (QED) is 0.923. The molecule has 2 unspecified atom stereocenters. The molecule has 21 heavy (non-hydrogen) atoms. The Hall–Kier alpha value is -1.59. The van der Waals surface area contributed by atoms with Crippen molar-refractivity contribution in [3.63, 3.8) is 0 Å². The van der Waals surface area contributed by atoms with Crippen LogP contribution in [0.25, 0.3) is 0 Å². The van der Waals surface area contributed by atoms with Gasteiger partial charge in [-0.25, -0.2) is 4.79 Å². The average Bonchev–Trinajstić information content (AvgIpc) is 3.03. The molecule has 3 rings (SSSR count). The van der Waals surface area contributed by atoms with Crippen LogP contribution in [0.5, 0.6) is 0 Å². The van der Waals surface area contributed by atoms with Crippen LogP contribution in [0.15, 0.2) is 30.3 Å². The van der Waals surface area contributed by atoms with Crippen LogP contribution < -0.4 is 5.32 Å². The Morgan fingerprint density at radius 2 is 1.95 bits per heavy atom. The third kappa shape index (κ3) is 3.54. The molecule has 2 aliphatic rings. The standard InChI is InChI=1S/C16H22N2O3/c19-16(18-7-10-20-11-8-18)17-12-14-6-9-21-15(14)13-4-2-1-3-5-13/h1-5,14-15H,6-12H2,(H,17,19). The van der Waals surface area contributed by atoms with Gasteiger partial charge < -0.3 is 19.7 Å². The van der Waals surface area contributed by atoms with Gasteiger partial charge in [0.2, 0.25) is 0 Å². The van der Waals surface area contributed by atoms with E-state index in [9.17, 15) is 4.79 Å². The maximum atomic E-state index is 12.1. The first-order valence-corrected chi connectivity index (χ1v) is 7.61. The molecule has 0 spiro atoms. The summed E-state index contributed by atoms with van der Waals surface area (Å²) in [6.07, 6.45) is 1.08. The molecule has 0 aromatic heterocycles. The summed E-state index contributed by atoms with van der Waals surface area (Å²) in [7, 11) is 0. The number of carbonyl (C=O) groups is 1. The first kappa shape index (κ1) is 14.4. The summed E-state index contributed by atoms with van der Waals surface area (Å²) in [4.78, 5) is 13.9. The molecule has 114 valence electrons. The van der Waals surface area contributed by atoms with Crippen molar-refractivity contribution >= 4 is 6.03 Å². The third-order valence-electron chi connectivity index (χ3n) is 4.16. The second-order valence-electron chi connectivity index (χ2n) is 5.54. The van der Waals surface area contributed by atoms with Gasteiger partial charge in [-0.15, -0.1) is 0 Å². The van der Waals surface area contributed by atoms with Gasteiger partial charge in [0.25, 0.3) is 0 Å². The number of ether oxygens (including phenoxy) is 2. The van der Waals surface area contributed by atoms with Crippen molar-refractivity contribution in [2.24, 2.45) is 5.92 Å². The zero-order valence-corrected chi connectivity index (χ0v) is 12.2. The van der Waals surface area contributed by atoms with Crippen LogP contribution in [-0.4, -0.2) is 50.4 Å². The van der Waals surface area contributed by atoms with Crippen LogP contribution >= 0.6 is 0 Å². The Balaban J connectivity index is 1.53. The number of nitrogens with zero attached hydrogens (tertiary/aromatic N) is 1. The molecule has 5 nitrogen and oxygen atoms in total. The van der Waals surface area contributed by atoms with E-state index < -0.39 is 0 Å². The summed E-state index contributed by atoms with van der Waals surface area (Å²) >= 11 is 0. The Kier molecular flexibility index (Phi) is 4.72. The molecule has 2 aliphatic heterocycles. The van der Waals surface area contributed by atoms with Crippen molar-refractivity contribution in [2.45, 2.75) is 12.5 Å². The maximum absolute atomic E-state index is 12.1. The number of rotatable bonds is 3. The van der Waals surface area contributed by atoms with E-state index >= 15 is 0 Å². The van der Waals surface area contributed by atoms with E-state index in [-0.39, 0.29) is 12.1 Å². The summed E-state index contributed by atoms with van der Waals surface area (Å²) in [5.41, 5.74) is 1.20. The summed E-state index contributed by atoms with van der Waals surface area (Å²) in [5.74, 6) is 0.345. The molecule has 2 amide bonds. The summed E-state index contributed by atoms with van der Waals surface area (Å²) < 4.78 is 11.1. The normalized spacial score (nSPS) is 25.8. The largest absolute Gasteiger partial charge is 0.378 e. The molecule has 1 aromatic carbocycles. The number of carbonyl (C=O) groups excluding carboxylic acids is 1.